The molecule has 2 rings (SSSR count). The molecule has 2 aromatic carbocycles. The van der Waals surface area contributed by atoms with E-state index in [0.717, 1.165) is 11.3 Å². The lowest BCUT2D eigenvalue weighted by atomic mass is 10.2. The SMILES string of the molecule is COc1ccccc1/C=C/NC(=O)Nc1ccc(N)c(Cl)c1. The summed E-state index contributed by atoms with van der Waals surface area (Å²) in [4.78, 5) is 11.8. The van der Waals surface area contributed by atoms with E-state index in [1.54, 1.807) is 31.4 Å². The second-order valence-electron chi connectivity index (χ2n) is 4.41. The number of nitrogens with one attached hydrogen (secondary N) is 2. The standard InChI is InChI=1S/C16H16ClN3O2/c1-22-15-5-3-2-4-11(15)8-9-19-16(21)20-12-6-7-14(18)13(17)10-12/h2-10H,18H2,1H3,(H2,19,20,21)/b9-8+. The topological polar surface area (TPSA) is 76.4 Å². The molecule has 2 amide bonds. The van der Waals surface area contributed by atoms with E-state index < -0.39 is 0 Å². The van der Waals surface area contributed by atoms with Gasteiger partial charge in [-0.3, -0.25) is 0 Å². The highest BCUT2D eigenvalue weighted by atomic mass is 35.5. The summed E-state index contributed by atoms with van der Waals surface area (Å²) in [7, 11) is 1.59. The van der Waals surface area contributed by atoms with Crippen LogP contribution >= 0.6 is 11.6 Å². The van der Waals surface area contributed by atoms with Crippen molar-refractivity contribution in [3.8, 4) is 5.75 Å². The van der Waals surface area contributed by atoms with Gasteiger partial charge in [0.25, 0.3) is 0 Å². The van der Waals surface area contributed by atoms with E-state index in [0.29, 0.717) is 16.4 Å². The number of halogens is 1. The monoisotopic (exact) mass is 317 g/mol. The van der Waals surface area contributed by atoms with Crippen LogP contribution in [0.1, 0.15) is 5.56 Å². The van der Waals surface area contributed by atoms with Crippen LogP contribution in [-0.4, -0.2) is 13.1 Å². The molecule has 0 aromatic heterocycles. The van der Waals surface area contributed by atoms with Gasteiger partial charge >= 0.3 is 6.03 Å². The number of ether oxygens (including phenoxy) is 1. The third-order valence-corrected chi connectivity index (χ3v) is 3.20. The largest absolute Gasteiger partial charge is 0.496 e. The number of anilines is 2. The molecule has 0 radical (unpaired) electrons. The Morgan fingerprint density at radius 1 is 1.27 bits per heavy atom. The molecule has 0 spiro atoms. The minimum absolute atomic E-state index is 0.382. The van der Waals surface area contributed by atoms with Crippen molar-refractivity contribution in [2.75, 3.05) is 18.2 Å². The predicted molar refractivity (Wildman–Crippen MR) is 90.0 cm³/mol. The van der Waals surface area contributed by atoms with E-state index in [9.17, 15) is 4.79 Å². The number of nitrogens with two attached hydrogens (primary N) is 1. The van der Waals surface area contributed by atoms with Crippen LogP contribution in [0.15, 0.2) is 48.7 Å². The van der Waals surface area contributed by atoms with Gasteiger partial charge in [0.15, 0.2) is 0 Å². The Labute approximate surface area is 133 Å². The van der Waals surface area contributed by atoms with Crippen molar-refractivity contribution < 1.29 is 9.53 Å². The van der Waals surface area contributed by atoms with Crippen LogP contribution in [0.3, 0.4) is 0 Å². The van der Waals surface area contributed by atoms with Gasteiger partial charge in [-0.05, 0) is 30.3 Å². The van der Waals surface area contributed by atoms with Crippen LogP contribution in [0.25, 0.3) is 6.08 Å². The maximum Gasteiger partial charge on any atom is 0.323 e. The van der Waals surface area contributed by atoms with Gasteiger partial charge in [0, 0.05) is 17.5 Å². The predicted octanol–water partition coefficient (Wildman–Crippen LogP) is 3.72. The summed E-state index contributed by atoms with van der Waals surface area (Å²) in [6, 6.07) is 12.0. The summed E-state index contributed by atoms with van der Waals surface area (Å²) in [6.07, 6.45) is 3.28. The zero-order valence-corrected chi connectivity index (χ0v) is 12.7. The molecular formula is C16H16ClN3O2. The van der Waals surface area contributed by atoms with Crippen molar-refractivity contribution in [1.29, 1.82) is 0 Å². The van der Waals surface area contributed by atoms with Gasteiger partial charge < -0.3 is 21.1 Å². The number of urea groups is 1. The molecule has 4 N–H and O–H groups in total. The van der Waals surface area contributed by atoms with E-state index in [4.69, 9.17) is 22.1 Å². The summed E-state index contributed by atoms with van der Waals surface area (Å²) in [6.45, 7) is 0. The van der Waals surface area contributed by atoms with Gasteiger partial charge in [0.05, 0.1) is 17.8 Å². The van der Waals surface area contributed by atoms with Crippen LogP contribution in [0.4, 0.5) is 16.2 Å². The number of carbonyl (C=O) groups is 1. The molecular weight excluding hydrogens is 302 g/mol. The number of hydrogen-bond donors (Lipinski definition) is 3. The van der Waals surface area contributed by atoms with Gasteiger partial charge in [-0.2, -0.15) is 0 Å². The van der Waals surface area contributed by atoms with Gasteiger partial charge in [0.2, 0.25) is 0 Å². The van der Waals surface area contributed by atoms with Crippen molar-refractivity contribution in [2.24, 2.45) is 0 Å². The third kappa shape index (κ3) is 4.17. The van der Waals surface area contributed by atoms with E-state index in [2.05, 4.69) is 10.6 Å². The lowest BCUT2D eigenvalue weighted by Crippen LogP contribution is -2.23. The average Bonchev–Trinajstić information content (AvgIpc) is 2.51. The minimum atomic E-state index is -0.382. The van der Waals surface area contributed by atoms with Crippen molar-refractivity contribution in [2.45, 2.75) is 0 Å². The maximum atomic E-state index is 11.8. The number of para-hydroxylation sites is 1. The maximum absolute atomic E-state index is 11.8. The highest BCUT2D eigenvalue weighted by molar-refractivity contribution is 6.33. The average molecular weight is 318 g/mol. The molecule has 114 valence electrons. The molecule has 0 unspecified atom stereocenters. The molecule has 0 fully saturated rings. The van der Waals surface area contributed by atoms with Crippen LogP contribution in [0, 0.1) is 0 Å². The Hall–Kier alpha value is -2.66. The van der Waals surface area contributed by atoms with Crippen LogP contribution in [0.5, 0.6) is 5.75 Å². The summed E-state index contributed by atoms with van der Waals surface area (Å²) in [5.74, 6) is 0.728. The summed E-state index contributed by atoms with van der Waals surface area (Å²) in [5.41, 5.74) is 7.49. The van der Waals surface area contributed by atoms with Gasteiger partial charge in [-0.1, -0.05) is 29.8 Å². The van der Waals surface area contributed by atoms with E-state index in [1.807, 2.05) is 24.3 Å². The number of amides is 2. The van der Waals surface area contributed by atoms with E-state index in [1.165, 1.54) is 6.20 Å². The normalized spacial score (nSPS) is 10.5. The lowest BCUT2D eigenvalue weighted by molar-refractivity contribution is 0.255. The number of rotatable bonds is 4. The Bertz CT molecular complexity index is 702. The highest BCUT2D eigenvalue weighted by Gasteiger charge is 2.02. The lowest BCUT2D eigenvalue weighted by Gasteiger charge is -2.06. The molecule has 6 heteroatoms. The number of benzene rings is 2. The van der Waals surface area contributed by atoms with Gasteiger partial charge in [0.1, 0.15) is 5.75 Å². The fraction of sp³-hybridized carbons (Fsp3) is 0.0625. The Balaban J connectivity index is 1.95. The summed E-state index contributed by atoms with van der Waals surface area (Å²) >= 11 is 5.89. The number of nitrogen functional groups attached to an aromatic ring is 1. The Morgan fingerprint density at radius 2 is 2.05 bits per heavy atom. The van der Waals surface area contributed by atoms with Gasteiger partial charge in [-0.25, -0.2) is 4.79 Å². The molecule has 0 aliphatic heterocycles. The van der Waals surface area contributed by atoms with Crippen molar-refractivity contribution >= 4 is 35.1 Å². The van der Waals surface area contributed by atoms with E-state index in [-0.39, 0.29) is 6.03 Å². The number of hydrogen-bond acceptors (Lipinski definition) is 3. The first-order valence-electron chi connectivity index (χ1n) is 6.52. The van der Waals surface area contributed by atoms with Crippen molar-refractivity contribution in [3.63, 3.8) is 0 Å². The second-order valence-corrected chi connectivity index (χ2v) is 4.82. The molecule has 2 aromatic rings. The third-order valence-electron chi connectivity index (χ3n) is 2.87. The molecule has 0 aliphatic carbocycles. The quantitative estimate of drug-likeness (QED) is 0.752. The minimum Gasteiger partial charge on any atom is -0.496 e. The molecule has 0 heterocycles. The molecule has 0 saturated carbocycles. The smallest absolute Gasteiger partial charge is 0.323 e. The molecule has 22 heavy (non-hydrogen) atoms. The second kappa shape index (κ2) is 7.38. The molecule has 0 aliphatic rings. The summed E-state index contributed by atoms with van der Waals surface area (Å²) in [5, 5.41) is 5.65. The Morgan fingerprint density at radius 3 is 2.77 bits per heavy atom. The highest BCUT2D eigenvalue weighted by Crippen LogP contribution is 2.22. The van der Waals surface area contributed by atoms with Crippen molar-refractivity contribution in [1.82, 2.24) is 5.32 Å². The molecule has 0 atom stereocenters. The zero-order chi connectivity index (χ0) is 15.9. The number of carbonyl (C=O) groups excluding carboxylic acids is 1. The van der Waals surface area contributed by atoms with Crippen LogP contribution in [0.2, 0.25) is 5.02 Å². The fourth-order valence-corrected chi connectivity index (χ4v) is 1.96. The van der Waals surface area contributed by atoms with E-state index >= 15 is 0 Å². The molecule has 0 saturated heterocycles. The van der Waals surface area contributed by atoms with Crippen molar-refractivity contribution in [3.05, 3.63) is 59.3 Å². The Kier molecular flexibility index (Phi) is 5.27. The summed E-state index contributed by atoms with van der Waals surface area (Å²) < 4.78 is 5.22. The van der Waals surface area contributed by atoms with Crippen LogP contribution in [-0.2, 0) is 0 Å². The number of methoxy groups -OCH3 is 1. The zero-order valence-electron chi connectivity index (χ0n) is 12.0. The first kappa shape index (κ1) is 15.7. The first-order valence-corrected chi connectivity index (χ1v) is 6.90. The van der Waals surface area contributed by atoms with Crippen LogP contribution < -0.4 is 21.1 Å². The molecule has 0 bridgehead atoms. The molecule has 5 nitrogen and oxygen atoms in total. The fourth-order valence-electron chi connectivity index (χ4n) is 1.78. The first-order chi connectivity index (χ1) is 10.6. The van der Waals surface area contributed by atoms with Gasteiger partial charge in [-0.15, -0.1) is 0 Å².